The summed E-state index contributed by atoms with van der Waals surface area (Å²) in [6.45, 7) is 19.2. The fourth-order valence-electron chi connectivity index (χ4n) is 6.18. The van der Waals surface area contributed by atoms with E-state index in [2.05, 4.69) is 33.9 Å². The highest BCUT2D eigenvalue weighted by atomic mass is 28.4. The normalized spacial score (nSPS) is 21.3. The van der Waals surface area contributed by atoms with Gasteiger partial charge in [-0.25, -0.2) is 4.79 Å². The Balaban J connectivity index is 1.97. The lowest BCUT2D eigenvalue weighted by Crippen LogP contribution is -2.63. The summed E-state index contributed by atoms with van der Waals surface area (Å²) in [6.07, 6.45) is 3.26. The van der Waals surface area contributed by atoms with Crippen molar-refractivity contribution in [1.29, 1.82) is 0 Å². The summed E-state index contributed by atoms with van der Waals surface area (Å²) in [5.41, 5.74) is 1.56. The van der Waals surface area contributed by atoms with Crippen LogP contribution in [0.4, 0.5) is 0 Å². The third-order valence-corrected chi connectivity index (χ3v) is 15.0. The molecule has 0 aromatic heterocycles. The van der Waals surface area contributed by atoms with Gasteiger partial charge < -0.3 is 42.3 Å². The van der Waals surface area contributed by atoms with E-state index in [1.165, 1.54) is 27.2 Å². The molecule has 0 aliphatic carbocycles. The summed E-state index contributed by atoms with van der Waals surface area (Å²) < 4.78 is 54.7. The van der Waals surface area contributed by atoms with Crippen LogP contribution in [-0.4, -0.2) is 85.2 Å². The average Bonchev–Trinajstić information content (AvgIpc) is 3.14. The van der Waals surface area contributed by atoms with E-state index in [1.54, 1.807) is 7.11 Å². The van der Waals surface area contributed by atoms with Gasteiger partial charge in [0.2, 0.25) is 5.79 Å². The predicted octanol–water partition coefficient (Wildman–Crippen LogP) is 8.32. The minimum absolute atomic E-state index is 0.0404. The van der Waals surface area contributed by atoms with Crippen molar-refractivity contribution in [3.8, 4) is 5.75 Å². The minimum Gasteiger partial charge on any atom is -0.497 e. The topological polar surface area (TPSA) is 117 Å². The molecule has 1 saturated heterocycles. The second-order valence-corrected chi connectivity index (χ2v) is 20.8. The zero-order valence-electron chi connectivity index (χ0n) is 35.0. The predicted molar refractivity (Wildman–Crippen MR) is 214 cm³/mol. The molecule has 0 radical (unpaired) electrons. The van der Waals surface area contributed by atoms with Gasteiger partial charge in [-0.05, 0) is 60.3 Å². The maximum atomic E-state index is 12.8. The Hall–Kier alpha value is -3.36. The molecule has 1 aliphatic heterocycles. The van der Waals surface area contributed by atoms with Gasteiger partial charge in [0.15, 0.2) is 14.4 Å². The molecule has 0 saturated carbocycles. The van der Waals surface area contributed by atoms with Crippen LogP contribution in [0, 0.1) is 5.41 Å². The first kappa shape index (κ1) is 46.0. The van der Waals surface area contributed by atoms with Crippen LogP contribution in [-0.2, 0) is 60.4 Å². The summed E-state index contributed by atoms with van der Waals surface area (Å²) in [5, 5.41) is 0.0404. The summed E-state index contributed by atoms with van der Waals surface area (Å²) >= 11 is 0. The Bertz CT molecular complexity index is 1550. The monoisotopic (exact) mass is 784 g/mol. The third-order valence-electron chi connectivity index (χ3n) is 10.5. The molecule has 306 valence electrons. The highest BCUT2D eigenvalue weighted by Gasteiger charge is 2.59. The van der Waals surface area contributed by atoms with Crippen molar-refractivity contribution in [1.82, 2.24) is 0 Å². The first-order valence-corrected chi connectivity index (χ1v) is 21.8. The molecule has 5 atom stereocenters. The van der Waals surface area contributed by atoms with Gasteiger partial charge in [0.25, 0.3) is 0 Å². The van der Waals surface area contributed by atoms with Crippen LogP contribution < -0.4 is 4.74 Å². The first-order valence-electron chi connectivity index (χ1n) is 18.9. The van der Waals surface area contributed by atoms with E-state index in [0.29, 0.717) is 31.8 Å². The van der Waals surface area contributed by atoms with Crippen LogP contribution in [0.5, 0.6) is 5.75 Å². The number of hydrogen-bond acceptors (Lipinski definition) is 11. The van der Waals surface area contributed by atoms with Crippen LogP contribution >= 0.6 is 0 Å². The molecular weight excluding hydrogens is 721 g/mol. The zero-order valence-corrected chi connectivity index (χ0v) is 36.0. The average molecular weight is 785 g/mol. The summed E-state index contributed by atoms with van der Waals surface area (Å²) in [6, 6.07) is 17.5. The molecule has 1 fully saturated rings. The Morgan fingerprint density at radius 2 is 1.60 bits per heavy atom. The second kappa shape index (κ2) is 20.7. The Kier molecular flexibility index (Phi) is 17.3. The lowest BCUT2D eigenvalue weighted by molar-refractivity contribution is -0.339. The standard InChI is InChI=1S/C43H64O11Si/c1-31(51-30-49-28-33-17-14-13-15-18-33)38(50-29-34-19-21-36(46-8)22-20-34)27-37-25-35(26-39(45)47-9)40(53-32(2)44)43(48-10,54-37)42(6,7)23-16-24-52-55(11,12)41(3,4)5/h13-23,26,31,37-38,40H,24-25,27-30H2,1-12H3/b23-16+,35-26+/t31-,37+,38-,40+,43-/m1/s1. The van der Waals surface area contributed by atoms with Crippen LogP contribution in [0.1, 0.15) is 72.4 Å². The van der Waals surface area contributed by atoms with Crippen molar-refractivity contribution in [3.05, 3.63) is 89.5 Å². The Morgan fingerprint density at radius 1 is 0.945 bits per heavy atom. The van der Waals surface area contributed by atoms with E-state index in [9.17, 15) is 9.59 Å². The Morgan fingerprint density at radius 3 is 2.18 bits per heavy atom. The SMILES string of the molecule is COC(=O)/C=C1\C[C@@H](C[C@@H](OCc2ccc(OC)cc2)[C@@H](C)OCOCc2ccccc2)O[C@@](OC)(C(C)(C)/C=C/CO[Si](C)(C)C(C)(C)C)[C@H]1OC(C)=O. The maximum Gasteiger partial charge on any atom is 0.330 e. The molecule has 0 bridgehead atoms. The van der Waals surface area contributed by atoms with Crippen molar-refractivity contribution in [2.75, 3.05) is 34.7 Å². The molecule has 12 heteroatoms. The van der Waals surface area contributed by atoms with Crippen LogP contribution in [0.2, 0.25) is 18.1 Å². The molecule has 11 nitrogen and oxygen atoms in total. The molecule has 0 unspecified atom stereocenters. The second-order valence-electron chi connectivity index (χ2n) is 16.0. The maximum absolute atomic E-state index is 12.8. The molecule has 1 aliphatic rings. The van der Waals surface area contributed by atoms with E-state index >= 15 is 0 Å². The fourth-order valence-corrected chi connectivity index (χ4v) is 7.12. The quantitative estimate of drug-likeness (QED) is 0.0322. The van der Waals surface area contributed by atoms with Crippen molar-refractivity contribution in [3.63, 3.8) is 0 Å². The summed E-state index contributed by atoms with van der Waals surface area (Å²) in [7, 11) is 2.42. The zero-order chi connectivity index (χ0) is 40.9. The van der Waals surface area contributed by atoms with Gasteiger partial charge in [-0.3, -0.25) is 4.79 Å². The molecule has 3 rings (SSSR count). The van der Waals surface area contributed by atoms with E-state index < -0.39 is 55.9 Å². The lowest BCUT2D eigenvalue weighted by Gasteiger charge is -2.53. The molecule has 0 N–H and O–H groups in total. The smallest absolute Gasteiger partial charge is 0.330 e. The fraction of sp³-hybridized carbons (Fsp3) is 0.581. The van der Waals surface area contributed by atoms with Gasteiger partial charge in [-0.15, -0.1) is 0 Å². The van der Waals surface area contributed by atoms with Crippen LogP contribution in [0.15, 0.2) is 78.4 Å². The molecule has 2 aromatic carbocycles. The number of hydrogen-bond donors (Lipinski definition) is 0. The first-order chi connectivity index (χ1) is 25.9. The van der Waals surface area contributed by atoms with Gasteiger partial charge in [-0.1, -0.05) is 89.2 Å². The molecule has 2 aromatic rings. The summed E-state index contributed by atoms with van der Waals surface area (Å²) in [5.74, 6) is -1.97. The van der Waals surface area contributed by atoms with Crippen LogP contribution in [0.25, 0.3) is 0 Å². The largest absolute Gasteiger partial charge is 0.497 e. The molecular formula is C43H64O11Si. The number of methoxy groups -OCH3 is 3. The van der Waals surface area contributed by atoms with E-state index in [4.69, 9.17) is 42.3 Å². The van der Waals surface area contributed by atoms with Crippen molar-refractivity contribution in [2.24, 2.45) is 5.41 Å². The number of carbonyl (C=O) groups excluding carboxylic acids is 2. The van der Waals surface area contributed by atoms with Gasteiger partial charge >= 0.3 is 11.9 Å². The number of carbonyl (C=O) groups is 2. The number of rotatable bonds is 20. The minimum atomic E-state index is -2.03. The van der Waals surface area contributed by atoms with Gasteiger partial charge in [0.05, 0.1) is 52.4 Å². The van der Waals surface area contributed by atoms with Crippen molar-refractivity contribution < 1.29 is 51.9 Å². The van der Waals surface area contributed by atoms with Crippen molar-refractivity contribution in [2.45, 2.75) is 123 Å². The molecule has 0 spiro atoms. The van der Waals surface area contributed by atoms with Gasteiger partial charge in [0, 0.05) is 31.9 Å². The van der Waals surface area contributed by atoms with Gasteiger partial charge in [0.1, 0.15) is 12.5 Å². The highest BCUT2D eigenvalue weighted by molar-refractivity contribution is 6.74. The van der Waals surface area contributed by atoms with E-state index in [1.807, 2.05) is 87.5 Å². The number of benzene rings is 2. The molecule has 1 heterocycles. The number of ether oxygens (including phenoxy) is 8. The lowest BCUT2D eigenvalue weighted by atomic mass is 9.74. The number of esters is 2. The summed E-state index contributed by atoms with van der Waals surface area (Å²) in [4.78, 5) is 25.5. The third kappa shape index (κ3) is 13.1. The van der Waals surface area contributed by atoms with E-state index in [0.717, 1.165) is 16.9 Å². The molecule has 55 heavy (non-hydrogen) atoms. The van der Waals surface area contributed by atoms with Crippen molar-refractivity contribution >= 4 is 20.3 Å². The molecule has 0 amide bonds. The highest BCUT2D eigenvalue weighted by Crippen LogP contribution is 2.49. The van der Waals surface area contributed by atoms with E-state index in [-0.39, 0.29) is 18.3 Å². The van der Waals surface area contributed by atoms with Gasteiger partial charge in [-0.2, -0.15) is 0 Å². The van der Waals surface area contributed by atoms with Crippen LogP contribution in [0.3, 0.4) is 0 Å². The Labute approximate surface area is 329 Å².